The van der Waals surface area contributed by atoms with Crippen molar-refractivity contribution in [1.29, 1.82) is 0 Å². The lowest BCUT2D eigenvalue weighted by Gasteiger charge is -2.04. The summed E-state index contributed by atoms with van der Waals surface area (Å²) in [6.45, 7) is 0. The van der Waals surface area contributed by atoms with Crippen LogP contribution in [0.3, 0.4) is 0 Å². The summed E-state index contributed by atoms with van der Waals surface area (Å²) in [7, 11) is 1.57. The highest BCUT2D eigenvalue weighted by atomic mass is 16.5. The number of methoxy groups -OCH3 is 1. The van der Waals surface area contributed by atoms with Crippen LogP contribution in [0.2, 0.25) is 0 Å². The Morgan fingerprint density at radius 1 is 1.12 bits per heavy atom. The first-order valence-corrected chi connectivity index (χ1v) is 8.51. The monoisotopic (exact) mass is 352 g/mol. The Bertz CT molecular complexity index is 1030. The lowest BCUT2D eigenvalue weighted by molar-refractivity contribution is -0.137. The number of carboxylic acid groups (broad SMARTS) is 1. The number of benzene rings is 2. The predicted molar refractivity (Wildman–Crippen MR) is 102 cm³/mol. The van der Waals surface area contributed by atoms with E-state index in [-0.39, 0.29) is 11.8 Å². The van der Waals surface area contributed by atoms with Gasteiger partial charge < -0.3 is 14.3 Å². The van der Waals surface area contributed by atoms with Gasteiger partial charge in [-0.3, -0.25) is 9.59 Å². The molecular formula is C21H20O5. The van der Waals surface area contributed by atoms with Gasteiger partial charge in [0.25, 0.3) is 0 Å². The maximum atomic E-state index is 12.7. The average Bonchev–Trinajstić information content (AvgIpc) is 2.64. The summed E-state index contributed by atoms with van der Waals surface area (Å²) in [5.74, 6) is -0.123. The largest absolute Gasteiger partial charge is 0.497 e. The quantitative estimate of drug-likeness (QED) is 0.496. The van der Waals surface area contributed by atoms with Gasteiger partial charge in [-0.2, -0.15) is 0 Å². The van der Waals surface area contributed by atoms with Crippen LogP contribution in [0.4, 0.5) is 0 Å². The van der Waals surface area contributed by atoms with Crippen molar-refractivity contribution in [3.63, 3.8) is 0 Å². The Labute approximate surface area is 150 Å². The summed E-state index contributed by atoms with van der Waals surface area (Å²) < 4.78 is 11.0. The first-order chi connectivity index (χ1) is 12.6. The molecule has 5 heteroatoms. The molecule has 0 spiro atoms. The van der Waals surface area contributed by atoms with Gasteiger partial charge in [-0.25, -0.2) is 0 Å². The van der Waals surface area contributed by atoms with Gasteiger partial charge in [-0.1, -0.05) is 18.2 Å². The van der Waals surface area contributed by atoms with Gasteiger partial charge in [-0.05, 0) is 49.1 Å². The third kappa shape index (κ3) is 3.94. The molecule has 0 saturated heterocycles. The second-order valence-corrected chi connectivity index (χ2v) is 6.09. The van der Waals surface area contributed by atoms with Crippen LogP contribution < -0.4 is 10.2 Å². The molecule has 0 unspecified atom stereocenters. The highest BCUT2D eigenvalue weighted by molar-refractivity contribution is 5.91. The van der Waals surface area contributed by atoms with Gasteiger partial charge in [0.1, 0.15) is 16.9 Å². The van der Waals surface area contributed by atoms with Crippen LogP contribution in [-0.4, -0.2) is 18.2 Å². The van der Waals surface area contributed by atoms with E-state index in [1.165, 1.54) is 0 Å². The van der Waals surface area contributed by atoms with E-state index in [4.69, 9.17) is 14.3 Å². The lowest BCUT2D eigenvalue weighted by atomic mass is 10.1. The Hall–Kier alpha value is -3.08. The molecule has 0 bridgehead atoms. The summed E-state index contributed by atoms with van der Waals surface area (Å²) in [5.41, 5.74) is 1.88. The first kappa shape index (κ1) is 17.7. The number of allylic oxidation sites excluding steroid dienone is 1. The predicted octanol–water partition coefficient (Wildman–Crippen LogP) is 4.61. The molecule has 5 nitrogen and oxygen atoms in total. The molecule has 0 saturated carbocycles. The van der Waals surface area contributed by atoms with Gasteiger partial charge in [0.05, 0.1) is 17.9 Å². The second-order valence-electron chi connectivity index (χ2n) is 6.09. The molecule has 0 fully saturated rings. The van der Waals surface area contributed by atoms with Gasteiger partial charge in [-0.15, -0.1) is 0 Å². The Morgan fingerprint density at radius 3 is 2.73 bits per heavy atom. The molecule has 134 valence electrons. The van der Waals surface area contributed by atoms with Crippen LogP contribution in [-0.2, 0) is 4.79 Å². The zero-order chi connectivity index (χ0) is 18.5. The van der Waals surface area contributed by atoms with E-state index >= 15 is 0 Å². The average molecular weight is 352 g/mol. The van der Waals surface area contributed by atoms with E-state index in [0.29, 0.717) is 34.1 Å². The molecule has 26 heavy (non-hydrogen) atoms. The molecule has 0 amide bonds. The fourth-order valence-electron chi connectivity index (χ4n) is 2.84. The van der Waals surface area contributed by atoms with Crippen LogP contribution in [0.25, 0.3) is 28.0 Å². The van der Waals surface area contributed by atoms with Crippen molar-refractivity contribution in [1.82, 2.24) is 0 Å². The van der Waals surface area contributed by atoms with Crippen molar-refractivity contribution < 1.29 is 19.1 Å². The van der Waals surface area contributed by atoms with Crippen LogP contribution in [0.5, 0.6) is 5.75 Å². The minimum absolute atomic E-state index is 0.0689. The fourth-order valence-corrected chi connectivity index (χ4v) is 2.84. The van der Waals surface area contributed by atoms with Crippen molar-refractivity contribution in [2.75, 3.05) is 7.11 Å². The van der Waals surface area contributed by atoms with Crippen LogP contribution in [0, 0.1) is 0 Å². The summed E-state index contributed by atoms with van der Waals surface area (Å²) in [6, 6.07) is 10.7. The van der Waals surface area contributed by atoms with E-state index in [1.807, 2.05) is 24.3 Å². The minimum atomic E-state index is -0.764. The van der Waals surface area contributed by atoms with E-state index < -0.39 is 5.97 Å². The number of ether oxygens (including phenoxy) is 1. The summed E-state index contributed by atoms with van der Waals surface area (Å²) in [6.07, 6.45) is 6.43. The van der Waals surface area contributed by atoms with Gasteiger partial charge in [0, 0.05) is 12.5 Å². The molecule has 0 aliphatic carbocycles. The topological polar surface area (TPSA) is 76.7 Å². The van der Waals surface area contributed by atoms with Crippen molar-refractivity contribution in [3.05, 3.63) is 58.3 Å². The van der Waals surface area contributed by atoms with Crippen molar-refractivity contribution in [3.8, 4) is 5.75 Å². The number of carboxylic acids is 1. The number of fused-ring (bicyclic) bond motifs is 2. The van der Waals surface area contributed by atoms with Gasteiger partial charge in [0.2, 0.25) is 5.43 Å². The SMILES string of the molecule is COc1ccc2c(=O)c3cc(/C=C/CCCCC(=O)O)ccc3oc2c1. The molecule has 1 heterocycles. The van der Waals surface area contributed by atoms with Crippen LogP contribution in [0.15, 0.2) is 51.7 Å². The normalized spacial score (nSPS) is 11.4. The first-order valence-electron chi connectivity index (χ1n) is 8.51. The molecule has 3 rings (SSSR count). The Kier molecular flexibility index (Phi) is 5.37. The molecule has 1 N–H and O–H groups in total. The second kappa shape index (κ2) is 7.87. The molecule has 0 radical (unpaired) electrons. The minimum Gasteiger partial charge on any atom is -0.497 e. The number of unbranched alkanes of at least 4 members (excludes halogenated alkanes) is 2. The van der Waals surface area contributed by atoms with Crippen LogP contribution >= 0.6 is 0 Å². The Morgan fingerprint density at radius 2 is 1.96 bits per heavy atom. The third-order valence-electron chi connectivity index (χ3n) is 4.22. The third-order valence-corrected chi connectivity index (χ3v) is 4.22. The van der Waals surface area contributed by atoms with Crippen molar-refractivity contribution >= 4 is 34.0 Å². The van der Waals surface area contributed by atoms with E-state index in [0.717, 1.165) is 18.4 Å². The van der Waals surface area contributed by atoms with E-state index in [2.05, 4.69) is 0 Å². The standard InChI is InChI=1S/C21H20O5/c1-25-15-9-10-16-19(13-15)26-18-11-8-14(12-17(18)21(16)24)6-4-2-3-5-7-20(22)23/h4,6,8-13H,2-3,5,7H2,1H3,(H,22,23)/b6-4+. The number of hydrogen-bond acceptors (Lipinski definition) is 4. The van der Waals surface area contributed by atoms with Gasteiger partial charge >= 0.3 is 5.97 Å². The smallest absolute Gasteiger partial charge is 0.303 e. The number of rotatable bonds is 7. The fraction of sp³-hybridized carbons (Fsp3) is 0.238. The lowest BCUT2D eigenvalue weighted by Crippen LogP contribution is -2.02. The maximum Gasteiger partial charge on any atom is 0.303 e. The zero-order valence-corrected chi connectivity index (χ0v) is 14.5. The van der Waals surface area contributed by atoms with Crippen molar-refractivity contribution in [2.45, 2.75) is 25.7 Å². The Balaban J connectivity index is 1.84. The summed E-state index contributed by atoms with van der Waals surface area (Å²) >= 11 is 0. The van der Waals surface area contributed by atoms with E-state index in [1.54, 1.807) is 31.4 Å². The summed E-state index contributed by atoms with van der Waals surface area (Å²) in [4.78, 5) is 23.2. The number of aliphatic carboxylic acids is 1. The van der Waals surface area contributed by atoms with Crippen molar-refractivity contribution in [2.24, 2.45) is 0 Å². The molecule has 0 aliphatic rings. The molecule has 2 aromatic carbocycles. The summed E-state index contributed by atoms with van der Waals surface area (Å²) in [5, 5.41) is 9.67. The molecule has 0 atom stereocenters. The number of carbonyl (C=O) groups is 1. The molecule has 3 aromatic rings. The molecule has 0 aliphatic heterocycles. The zero-order valence-electron chi connectivity index (χ0n) is 14.5. The highest BCUT2D eigenvalue weighted by Gasteiger charge is 2.09. The van der Waals surface area contributed by atoms with Crippen LogP contribution in [0.1, 0.15) is 31.2 Å². The maximum absolute atomic E-state index is 12.7. The number of hydrogen-bond donors (Lipinski definition) is 1. The highest BCUT2D eigenvalue weighted by Crippen LogP contribution is 2.23. The van der Waals surface area contributed by atoms with E-state index in [9.17, 15) is 9.59 Å². The molecule has 1 aromatic heterocycles. The van der Waals surface area contributed by atoms with Gasteiger partial charge in [0.15, 0.2) is 0 Å². The molecular weight excluding hydrogens is 332 g/mol.